The minimum Gasteiger partial charge on any atom is -0.333 e. The summed E-state index contributed by atoms with van der Waals surface area (Å²) in [6.45, 7) is 5.47. The van der Waals surface area contributed by atoms with Gasteiger partial charge in [0.25, 0.3) is 5.91 Å². The minimum absolute atomic E-state index is 0.231. The Morgan fingerprint density at radius 3 is 2.77 bits per heavy atom. The van der Waals surface area contributed by atoms with Crippen molar-refractivity contribution < 1.29 is 4.79 Å². The quantitative estimate of drug-likeness (QED) is 0.855. The zero-order valence-corrected chi connectivity index (χ0v) is 14.1. The van der Waals surface area contributed by atoms with Crippen LogP contribution in [0, 0.1) is 0 Å². The molecule has 3 aliphatic rings. The van der Waals surface area contributed by atoms with Gasteiger partial charge in [0.05, 0.1) is 11.2 Å². The molecule has 0 aromatic carbocycles. The Morgan fingerprint density at radius 2 is 2.00 bits per heavy atom. The number of aromatic nitrogens is 1. The molecule has 1 saturated carbocycles. The van der Waals surface area contributed by atoms with E-state index in [1.165, 1.54) is 43.7 Å². The first-order valence-electron chi connectivity index (χ1n) is 8.78. The summed E-state index contributed by atoms with van der Waals surface area (Å²) in [5, 5.41) is 1.18. The van der Waals surface area contributed by atoms with Gasteiger partial charge in [0.1, 0.15) is 4.88 Å². The standard InChI is InChI=1S/C17H25N3OS/c1-2-19-9-3-5-13(19)14-6-4-10-20(14)17(21)15-11-18-16(22-15)12-7-8-12/h11-14H,2-10H2,1H3/t13-,14+/m0/s1. The van der Waals surface area contributed by atoms with E-state index in [0.717, 1.165) is 24.4 Å². The van der Waals surface area contributed by atoms with Gasteiger partial charge in [-0.2, -0.15) is 0 Å². The fourth-order valence-corrected chi connectivity index (χ4v) is 5.22. The average molecular weight is 319 g/mol. The summed E-state index contributed by atoms with van der Waals surface area (Å²) in [7, 11) is 0. The van der Waals surface area contributed by atoms with E-state index in [9.17, 15) is 4.79 Å². The lowest BCUT2D eigenvalue weighted by Gasteiger charge is -2.34. The molecule has 1 aromatic heterocycles. The zero-order chi connectivity index (χ0) is 15.1. The first-order chi connectivity index (χ1) is 10.8. The van der Waals surface area contributed by atoms with Crippen molar-refractivity contribution >= 4 is 17.2 Å². The second-order valence-electron chi connectivity index (χ2n) is 6.88. The summed E-state index contributed by atoms with van der Waals surface area (Å²) in [4.78, 5) is 23.0. The molecule has 0 bridgehead atoms. The Morgan fingerprint density at radius 1 is 1.23 bits per heavy atom. The SMILES string of the molecule is CCN1CCC[C@H]1[C@H]1CCCN1C(=O)c1cnc(C2CC2)s1. The number of thiazole rings is 1. The Balaban J connectivity index is 1.50. The summed E-state index contributed by atoms with van der Waals surface area (Å²) in [5.74, 6) is 0.876. The van der Waals surface area contributed by atoms with Crippen LogP contribution >= 0.6 is 11.3 Å². The topological polar surface area (TPSA) is 36.4 Å². The third-order valence-corrected chi connectivity index (χ3v) is 6.63. The van der Waals surface area contributed by atoms with Gasteiger partial charge in [-0.1, -0.05) is 6.92 Å². The molecule has 1 aliphatic carbocycles. The van der Waals surface area contributed by atoms with Crippen molar-refractivity contribution in [2.24, 2.45) is 0 Å². The second kappa shape index (κ2) is 5.93. The maximum atomic E-state index is 12.9. The van der Waals surface area contributed by atoms with E-state index in [2.05, 4.69) is 21.7 Å². The normalized spacial score (nSPS) is 29.4. The number of carbonyl (C=O) groups excluding carboxylic acids is 1. The van der Waals surface area contributed by atoms with Gasteiger partial charge < -0.3 is 4.90 Å². The molecule has 22 heavy (non-hydrogen) atoms. The van der Waals surface area contributed by atoms with Crippen molar-refractivity contribution in [3.8, 4) is 0 Å². The smallest absolute Gasteiger partial charge is 0.265 e. The molecular formula is C17H25N3OS. The van der Waals surface area contributed by atoms with Crippen molar-refractivity contribution in [2.45, 2.75) is 63.5 Å². The maximum Gasteiger partial charge on any atom is 0.265 e. The summed E-state index contributed by atoms with van der Waals surface area (Å²) in [6, 6.07) is 0.994. The van der Waals surface area contributed by atoms with Gasteiger partial charge in [-0.25, -0.2) is 4.98 Å². The first kappa shape index (κ1) is 14.6. The lowest BCUT2D eigenvalue weighted by Crippen LogP contribution is -2.48. The molecule has 2 atom stereocenters. The fraction of sp³-hybridized carbons (Fsp3) is 0.765. The van der Waals surface area contributed by atoms with Gasteiger partial charge >= 0.3 is 0 Å². The van der Waals surface area contributed by atoms with Crippen LogP contribution in [-0.2, 0) is 0 Å². The number of amides is 1. The zero-order valence-electron chi connectivity index (χ0n) is 13.3. The Bertz CT molecular complexity index is 554. The van der Waals surface area contributed by atoms with E-state index >= 15 is 0 Å². The van der Waals surface area contributed by atoms with Crippen LogP contribution in [0.5, 0.6) is 0 Å². The molecule has 1 amide bonds. The summed E-state index contributed by atoms with van der Waals surface area (Å²) in [5.41, 5.74) is 0. The highest BCUT2D eigenvalue weighted by molar-refractivity contribution is 7.13. The lowest BCUT2D eigenvalue weighted by molar-refractivity contribution is 0.0654. The molecule has 0 spiro atoms. The molecule has 1 aromatic rings. The number of rotatable bonds is 4. The van der Waals surface area contributed by atoms with Crippen molar-refractivity contribution in [3.05, 3.63) is 16.1 Å². The van der Waals surface area contributed by atoms with E-state index < -0.39 is 0 Å². The molecule has 4 nitrogen and oxygen atoms in total. The molecule has 3 fully saturated rings. The molecule has 120 valence electrons. The number of hydrogen-bond acceptors (Lipinski definition) is 4. The van der Waals surface area contributed by atoms with Crippen LogP contribution in [0.1, 0.15) is 66.0 Å². The number of likely N-dealkylation sites (tertiary alicyclic amines) is 2. The predicted octanol–water partition coefficient (Wildman–Crippen LogP) is 3.11. The highest BCUT2D eigenvalue weighted by Gasteiger charge is 2.40. The van der Waals surface area contributed by atoms with Crippen molar-refractivity contribution in [2.75, 3.05) is 19.6 Å². The van der Waals surface area contributed by atoms with E-state index in [1.54, 1.807) is 11.3 Å². The van der Waals surface area contributed by atoms with E-state index in [1.807, 2.05) is 6.20 Å². The van der Waals surface area contributed by atoms with Crippen LogP contribution in [0.25, 0.3) is 0 Å². The minimum atomic E-state index is 0.231. The summed E-state index contributed by atoms with van der Waals surface area (Å²) < 4.78 is 0. The third kappa shape index (κ3) is 2.58. The second-order valence-corrected chi connectivity index (χ2v) is 7.95. The molecule has 5 heteroatoms. The molecular weight excluding hydrogens is 294 g/mol. The van der Waals surface area contributed by atoms with Gasteiger partial charge in [-0.15, -0.1) is 11.3 Å². The fourth-order valence-electron chi connectivity index (χ4n) is 4.17. The average Bonchev–Trinajstić information content (AvgIpc) is 3.01. The molecule has 2 saturated heterocycles. The predicted molar refractivity (Wildman–Crippen MR) is 88.4 cm³/mol. The Labute approximate surface area is 136 Å². The van der Waals surface area contributed by atoms with Crippen molar-refractivity contribution in [1.29, 1.82) is 0 Å². The van der Waals surface area contributed by atoms with Crippen LogP contribution in [0.2, 0.25) is 0 Å². The largest absolute Gasteiger partial charge is 0.333 e. The van der Waals surface area contributed by atoms with Crippen LogP contribution in [0.15, 0.2) is 6.20 Å². The Kier molecular flexibility index (Phi) is 3.95. The summed E-state index contributed by atoms with van der Waals surface area (Å²) >= 11 is 1.63. The van der Waals surface area contributed by atoms with Crippen LogP contribution in [0.3, 0.4) is 0 Å². The molecule has 0 unspecified atom stereocenters. The highest BCUT2D eigenvalue weighted by atomic mass is 32.1. The van der Waals surface area contributed by atoms with Crippen LogP contribution in [0.4, 0.5) is 0 Å². The molecule has 4 rings (SSSR count). The number of nitrogens with zero attached hydrogens (tertiary/aromatic N) is 3. The van der Waals surface area contributed by atoms with Gasteiger partial charge in [-0.05, 0) is 51.6 Å². The van der Waals surface area contributed by atoms with Gasteiger partial charge in [-0.3, -0.25) is 9.69 Å². The number of hydrogen-bond donors (Lipinski definition) is 0. The first-order valence-corrected chi connectivity index (χ1v) is 9.60. The molecule has 0 N–H and O–H groups in total. The summed E-state index contributed by atoms with van der Waals surface area (Å²) in [6.07, 6.45) is 9.17. The maximum absolute atomic E-state index is 12.9. The van der Waals surface area contributed by atoms with Gasteiger partial charge in [0.2, 0.25) is 0 Å². The van der Waals surface area contributed by atoms with Gasteiger partial charge in [0, 0.05) is 24.5 Å². The van der Waals surface area contributed by atoms with Crippen LogP contribution < -0.4 is 0 Å². The van der Waals surface area contributed by atoms with Crippen molar-refractivity contribution in [1.82, 2.24) is 14.8 Å². The molecule has 0 radical (unpaired) electrons. The van der Waals surface area contributed by atoms with Crippen LogP contribution in [-0.4, -0.2) is 52.4 Å². The van der Waals surface area contributed by atoms with Crippen molar-refractivity contribution in [3.63, 3.8) is 0 Å². The van der Waals surface area contributed by atoms with E-state index in [0.29, 0.717) is 18.0 Å². The lowest BCUT2D eigenvalue weighted by atomic mass is 10.0. The van der Waals surface area contributed by atoms with Gasteiger partial charge in [0.15, 0.2) is 0 Å². The van der Waals surface area contributed by atoms with E-state index in [4.69, 9.17) is 0 Å². The third-order valence-electron chi connectivity index (χ3n) is 5.49. The Hall–Kier alpha value is -0.940. The number of likely N-dealkylation sites (N-methyl/N-ethyl adjacent to an activating group) is 1. The molecule has 3 heterocycles. The monoisotopic (exact) mass is 319 g/mol. The number of carbonyl (C=O) groups is 1. The highest BCUT2D eigenvalue weighted by Crippen LogP contribution is 2.42. The van der Waals surface area contributed by atoms with E-state index in [-0.39, 0.29) is 5.91 Å². The molecule has 2 aliphatic heterocycles.